The van der Waals surface area contributed by atoms with Crippen LogP contribution < -0.4 is 10.5 Å². The number of benzene rings is 1. The monoisotopic (exact) mass is 276 g/mol. The number of hydrogen-bond donors (Lipinski definition) is 3. The lowest BCUT2D eigenvalue weighted by Crippen LogP contribution is -2.26. The molecule has 0 aliphatic heterocycles. The standard InChI is InChI=1S/C11H17FN2O3S/c1-8(15)3-2-6-14-18(16,17)11-5-4-9(12)7-10(11)13/h4-5,7-8,14-15H,2-3,6,13H2,1H3. The zero-order valence-electron chi connectivity index (χ0n) is 10.1. The van der Waals surface area contributed by atoms with E-state index >= 15 is 0 Å². The Kier molecular flexibility index (Phi) is 5.06. The lowest BCUT2D eigenvalue weighted by Gasteiger charge is -2.09. The van der Waals surface area contributed by atoms with Crippen LogP contribution in [0.1, 0.15) is 19.8 Å². The molecule has 0 aliphatic rings. The molecule has 1 aromatic carbocycles. The van der Waals surface area contributed by atoms with Crippen molar-refractivity contribution in [1.29, 1.82) is 0 Å². The number of halogens is 1. The van der Waals surface area contributed by atoms with Gasteiger partial charge in [0.2, 0.25) is 10.0 Å². The Hall–Kier alpha value is -1.18. The fourth-order valence-electron chi connectivity index (χ4n) is 1.45. The number of nitrogens with one attached hydrogen (secondary N) is 1. The second-order valence-electron chi connectivity index (χ2n) is 4.07. The molecule has 0 fully saturated rings. The van der Waals surface area contributed by atoms with Gasteiger partial charge in [0.25, 0.3) is 0 Å². The molecular weight excluding hydrogens is 259 g/mol. The average Bonchev–Trinajstić information content (AvgIpc) is 2.23. The largest absolute Gasteiger partial charge is 0.398 e. The van der Waals surface area contributed by atoms with Crippen molar-refractivity contribution in [2.24, 2.45) is 0 Å². The van der Waals surface area contributed by atoms with Crippen molar-refractivity contribution in [1.82, 2.24) is 4.72 Å². The fraction of sp³-hybridized carbons (Fsp3) is 0.455. The Morgan fingerprint density at radius 2 is 2.17 bits per heavy atom. The highest BCUT2D eigenvalue weighted by Crippen LogP contribution is 2.18. The number of nitrogens with two attached hydrogens (primary N) is 1. The lowest BCUT2D eigenvalue weighted by atomic mass is 10.2. The van der Waals surface area contributed by atoms with E-state index in [0.29, 0.717) is 12.8 Å². The molecule has 102 valence electrons. The van der Waals surface area contributed by atoms with Crippen LogP contribution in [-0.4, -0.2) is 26.2 Å². The first kappa shape index (κ1) is 14.9. The predicted octanol–water partition coefficient (Wildman–Crippen LogP) is 0.847. The van der Waals surface area contributed by atoms with Gasteiger partial charge in [0.05, 0.1) is 11.8 Å². The number of rotatable bonds is 6. The molecule has 0 saturated carbocycles. The summed E-state index contributed by atoms with van der Waals surface area (Å²) in [7, 11) is -3.73. The van der Waals surface area contributed by atoms with Crippen LogP contribution in [0.4, 0.5) is 10.1 Å². The fourth-order valence-corrected chi connectivity index (χ4v) is 2.63. The van der Waals surface area contributed by atoms with Crippen LogP contribution in [0, 0.1) is 5.82 Å². The summed E-state index contributed by atoms with van der Waals surface area (Å²) in [6.45, 7) is 1.83. The van der Waals surface area contributed by atoms with Crippen LogP contribution in [0.15, 0.2) is 23.1 Å². The third kappa shape index (κ3) is 4.25. The lowest BCUT2D eigenvalue weighted by molar-refractivity contribution is 0.182. The van der Waals surface area contributed by atoms with Gasteiger partial charge in [-0.3, -0.25) is 0 Å². The number of anilines is 1. The second-order valence-corrected chi connectivity index (χ2v) is 5.81. The van der Waals surface area contributed by atoms with Crippen LogP contribution in [0.3, 0.4) is 0 Å². The molecule has 0 spiro atoms. The molecule has 18 heavy (non-hydrogen) atoms. The quantitative estimate of drug-likeness (QED) is 0.530. The van der Waals surface area contributed by atoms with Gasteiger partial charge < -0.3 is 10.8 Å². The SMILES string of the molecule is CC(O)CCCNS(=O)(=O)c1ccc(F)cc1N. The first-order valence-electron chi connectivity index (χ1n) is 5.55. The predicted molar refractivity (Wildman–Crippen MR) is 66.9 cm³/mol. The second kappa shape index (κ2) is 6.12. The smallest absolute Gasteiger partial charge is 0.242 e. The summed E-state index contributed by atoms with van der Waals surface area (Å²) in [5.74, 6) is -0.583. The summed E-state index contributed by atoms with van der Waals surface area (Å²) in [6.07, 6.45) is 0.546. The van der Waals surface area contributed by atoms with Gasteiger partial charge >= 0.3 is 0 Å². The molecule has 1 unspecified atom stereocenters. The Morgan fingerprint density at radius 1 is 1.50 bits per heavy atom. The average molecular weight is 276 g/mol. The minimum absolute atomic E-state index is 0.127. The molecular formula is C11H17FN2O3S. The van der Waals surface area contributed by atoms with E-state index in [1.54, 1.807) is 6.92 Å². The Balaban J connectivity index is 2.69. The molecule has 0 heterocycles. The summed E-state index contributed by atoms with van der Waals surface area (Å²) in [5, 5.41) is 9.03. The molecule has 4 N–H and O–H groups in total. The van der Waals surface area contributed by atoms with E-state index in [9.17, 15) is 12.8 Å². The molecule has 0 aromatic heterocycles. The van der Waals surface area contributed by atoms with Crippen LogP contribution >= 0.6 is 0 Å². The van der Waals surface area contributed by atoms with E-state index < -0.39 is 21.9 Å². The molecule has 0 aliphatic carbocycles. The van der Waals surface area contributed by atoms with E-state index in [1.165, 1.54) is 0 Å². The normalized spacial score (nSPS) is 13.5. The van der Waals surface area contributed by atoms with Crippen LogP contribution in [-0.2, 0) is 10.0 Å². The van der Waals surface area contributed by atoms with Crippen molar-refractivity contribution in [3.63, 3.8) is 0 Å². The van der Waals surface area contributed by atoms with E-state index in [4.69, 9.17) is 10.8 Å². The zero-order valence-corrected chi connectivity index (χ0v) is 10.9. The third-order valence-corrected chi connectivity index (χ3v) is 3.89. The Bertz CT molecular complexity index is 503. The minimum atomic E-state index is -3.73. The van der Waals surface area contributed by atoms with Crippen LogP contribution in [0.2, 0.25) is 0 Å². The first-order valence-corrected chi connectivity index (χ1v) is 7.04. The van der Waals surface area contributed by atoms with Gasteiger partial charge in [-0.15, -0.1) is 0 Å². The number of nitrogen functional groups attached to an aromatic ring is 1. The zero-order chi connectivity index (χ0) is 13.8. The van der Waals surface area contributed by atoms with Crippen molar-refractivity contribution in [3.8, 4) is 0 Å². The Labute approximate surface area is 106 Å². The first-order chi connectivity index (χ1) is 8.33. The summed E-state index contributed by atoms with van der Waals surface area (Å²) < 4.78 is 38.8. The van der Waals surface area contributed by atoms with Gasteiger partial charge in [-0.1, -0.05) is 0 Å². The molecule has 7 heteroatoms. The van der Waals surface area contributed by atoms with Crippen molar-refractivity contribution in [2.45, 2.75) is 30.8 Å². The van der Waals surface area contributed by atoms with Crippen molar-refractivity contribution < 1.29 is 17.9 Å². The van der Waals surface area contributed by atoms with Crippen molar-refractivity contribution in [2.75, 3.05) is 12.3 Å². The molecule has 5 nitrogen and oxygen atoms in total. The third-order valence-electron chi connectivity index (χ3n) is 2.35. The number of aliphatic hydroxyl groups is 1. The van der Waals surface area contributed by atoms with Crippen LogP contribution in [0.25, 0.3) is 0 Å². The highest BCUT2D eigenvalue weighted by molar-refractivity contribution is 7.89. The minimum Gasteiger partial charge on any atom is -0.398 e. The molecule has 1 rings (SSSR count). The van der Waals surface area contributed by atoms with Crippen molar-refractivity contribution in [3.05, 3.63) is 24.0 Å². The van der Waals surface area contributed by atoms with Crippen molar-refractivity contribution >= 4 is 15.7 Å². The van der Waals surface area contributed by atoms with Crippen LogP contribution in [0.5, 0.6) is 0 Å². The molecule has 1 aromatic rings. The maximum absolute atomic E-state index is 12.8. The van der Waals surface area contributed by atoms with E-state index in [2.05, 4.69) is 4.72 Å². The molecule has 0 saturated heterocycles. The maximum atomic E-state index is 12.8. The molecule has 0 radical (unpaired) electrons. The topological polar surface area (TPSA) is 92.4 Å². The molecule has 0 bridgehead atoms. The molecule has 1 atom stereocenters. The highest BCUT2D eigenvalue weighted by Gasteiger charge is 2.17. The maximum Gasteiger partial charge on any atom is 0.242 e. The van der Waals surface area contributed by atoms with Gasteiger partial charge in [-0.2, -0.15) is 0 Å². The summed E-state index contributed by atoms with van der Waals surface area (Å²) >= 11 is 0. The van der Waals surface area contributed by atoms with Gasteiger partial charge in [0.15, 0.2) is 0 Å². The Morgan fingerprint density at radius 3 is 2.72 bits per heavy atom. The summed E-state index contributed by atoms with van der Waals surface area (Å²) in [6, 6.07) is 3.13. The van der Waals surface area contributed by atoms with Gasteiger partial charge in [-0.25, -0.2) is 17.5 Å². The van der Waals surface area contributed by atoms with E-state index in [-0.39, 0.29) is 17.1 Å². The number of sulfonamides is 1. The number of aliphatic hydroxyl groups excluding tert-OH is 1. The van der Waals surface area contributed by atoms with E-state index in [0.717, 1.165) is 18.2 Å². The highest BCUT2D eigenvalue weighted by atomic mass is 32.2. The number of hydrogen-bond acceptors (Lipinski definition) is 4. The summed E-state index contributed by atoms with van der Waals surface area (Å²) in [5.41, 5.74) is 5.33. The van der Waals surface area contributed by atoms with Gasteiger partial charge in [-0.05, 0) is 38.0 Å². The summed E-state index contributed by atoms with van der Waals surface area (Å²) in [4.78, 5) is -0.138. The van der Waals surface area contributed by atoms with Gasteiger partial charge in [0, 0.05) is 6.54 Å². The molecule has 0 amide bonds. The van der Waals surface area contributed by atoms with Gasteiger partial charge in [0.1, 0.15) is 10.7 Å². The van der Waals surface area contributed by atoms with E-state index in [1.807, 2.05) is 0 Å².